The maximum absolute atomic E-state index is 11.6. The van der Waals surface area contributed by atoms with Crippen LogP contribution in [0.1, 0.15) is 20.8 Å². The molecule has 0 aromatic carbocycles. The summed E-state index contributed by atoms with van der Waals surface area (Å²) in [7, 11) is 0. The Kier molecular flexibility index (Phi) is 7.12. The van der Waals surface area contributed by atoms with Crippen LogP contribution in [-0.4, -0.2) is 48.3 Å². The van der Waals surface area contributed by atoms with E-state index in [1.165, 1.54) is 0 Å². The molecule has 0 rings (SSSR count). The molecule has 0 atom stereocenters. The lowest BCUT2D eigenvalue weighted by Gasteiger charge is -2.20. The van der Waals surface area contributed by atoms with Gasteiger partial charge < -0.3 is 15.5 Å². The molecule has 0 aromatic rings. The Balaban J connectivity index is 4.40. The number of nitriles is 1. The number of hydrogen-bond acceptors (Lipinski definition) is 4. The molecule has 0 fully saturated rings. The van der Waals surface area contributed by atoms with Crippen molar-refractivity contribution in [2.24, 2.45) is 0 Å². The molecule has 0 aliphatic rings. The summed E-state index contributed by atoms with van der Waals surface area (Å²) in [5.41, 5.74) is 0. The number of nitrogens with one attached hydrogen (secondary N) is 2. The van der Waals surface area contributed by atoms with Crippen LogP contribution in [0, 0.1) is 11.3 Å². The van der Waals surface area contributed by atoms with Crippen molar-refractivity contribution in [3.63, 3.8) is 0 Å². The molecule has 0 unspecified atom stereocenters. The summed E-state index contributed by atoms with van der Waals surface area (Å²) in [5, 5.41) is 13.0. The molecule has 0 aromatic heterocycles. The van der Waals surface area contributed by atoms with Crippen molar-refractivity contribution in [3.8, 4) is 6.07 Å². The van der Waals surface area contributed by atoms with Crippen molar-refractivity contribution >= 4 is 17.7 Å². The largest absolute Gasteiger partial charge is 0.352 e. The third kappa shape index (κ3) is 5.84. The van der Waals surface area contributed by atoms with E-state index in [-0.39, 0.29) is 31.6 Å². The maximum Gasteiger partial charge on any atom is 0.312 e. The highest BCUT2D eigenvalue weighted by Gasteiger charge is 2.22. The second-order valence-corrected chi connectivity index (χ2v) is 3.88. The van der Waals surface area contributed by atoms with Gasteiger partial charge in [0.1, 0.15) is 6.54 Å². The van der Waals surface area contributed by atoms with Crippen molar-refractivity contribution in [1.29, 1.82) is 5.26 Å². The third-order valence-corrected chi connectivity index (χ3v) is 1.98. The van der Waals surface area contributed by atoms with Gasteiger partial charge in [-0.3, -0.25) is 14.4 Å². The van der Waals surface area contributed by atoms with Gasteiger partial charge in [0.15, 0.2) is 0 Å². The van der Waals surface area contributed by atoms with Crippen LogP contribution >= 0.6 is 0 Å². The molecule has 0 radical (unpaired) electrons. The molecule has 0 saturated heterocycles. The first-order valence-corrected chi connectivity index (χ1v) is 5.65. The molecule has 2 N–H and O–H groups in total. The highest BCUT2D eigenvalue weighted by atomic mass is 16.2. The fraction of sp³-hybridized carbons (Fsp3) is 0.636. The molecule has 7 heteroatoms. The summed E-state index contributed by atoms with van der Waals surface area (Å²) < 4.78 is 0. The molecule has 0 aliphatic carbocycles. The van der Waals surface area contributed by atoms with Crippen LogP contribution in [0.25, 0.3) is 0 Å². The molecule has 0 saturated carbocycles. The number of carbonyl (C=O) groups is 3. The second-order valence-electron chi connectivity index (χ2n) is 3.88. The summed E-state index contributed by atoms with van der Waals surface area (Å²) in [5.74, 6) is -2.02. The van der Waals surface area contributed by atoms with Crippen LogP contribution in [0.15, 0.2) is 0 Å². The van der Waals surface area contributed by atoms with Gasteiger partial charge >= 0.3 is 11.8 Å². The summed E-state index contributed by atoms with van der Waals surface area (Å²) in [6.45, 7) is 5.10. The minimum absolute atomic E-state index is 0.0290. The zero-order valence-corrected chi connectivity index (χ0v) is 10.8. The van der Waals surface area contributed by atoms with E-state index in [4.69, 9.17) is 5.26 Å². The van der Waals surface area contributed by atoms with Gasteiger partial charge in [-0.25, -0.2) is 0 Å². The SMILES string of the molecule is CCN(CC(=O)NC(C)C)C(=O)C(=O)NCC#N. The topological polar surface area (TPSA) is 102 Å². The highest BCUT2D eigenvalue weighted by Crippen LogP contribution is 1.91. The lowest BCUT2D eigenvalue weighted by atomic mass is 10.3. The Morgan fingerprint density at radius 1 is 1.33 bits per heavy atom. The molecule has 0 heterocycles. The highest BCUT2D eigenvalue weighted by molar-refractivity contribution is 6.35. The summed E-state index contributed by atoms with van der Waals surface area (Å²) in [6, 6.07) is 1.67. The zero-order valence-electron chi connectivity index (χ0n) is 10.8. The molecular formula is C11H18N4O3. The van der Waals surface area contributed by atoms with Crippen molar-refractivity contribution in [2.75, 3.05) is 19.6 Å². The van der Waals surface area contributed by atoms with Gasteiger partial charge in [-0.2, -0.15) is 5.26 Å². The van der Waals surface area contributed by atoms with Crippen LogP contribution in [-0.2, 0) is 14.4 Å². The number of nitrogens with zero attached hydrogens (tertiary/aromatic N) is 2. The predicted octanol–water partition coefficient (Wildman–Crippen LogP) is -1.00. The van der Waals surface area contributed by atoms with Crippen LogP contribution in [0.4, 0.5) is 0 Å². The van der Waals surface area contributed by atoms with E-state index in [1.807, 2.05) is 0 Å². The molecule has 100 valence electrons. The van der Waals surface area contributed by atoms with E-state index in [1.54, 1.807) is 26.8 Å². The average Bonchev–Trinajstić information content (AvgIpc) is 2.31. The second kappa shape index (κ2) is 8.06. The Labute approximate surface area is 106 Å². The Morgan fingerprint density at radius 3 is 2.39 bits per heavy atom. The van der Waals surface area contributed by atoms with Crippen LogP contribution in [0.3, 0.4) is 0 Å². The quantitative estimate of drug-likeness (QED) is 0.485. The molecule has 0 aliphatic heterocycles. The van der Waals surface area contributed by atoms with Gasteiger partial charge in [-0.05, 0) is 20.8 Å². The fourth-order valence-corrected chi connectivity index (χ4v) is 1.21. The van der Waals surface area contributed by atoms with E-state index in [0.29, 0.717) is 0 Å². The maximum atomic E-state index is 11.6. The van der Waals surface area contributed by atoms with Gasteiger partial charge in [-0.1, -0.05) is 0 Å². The molecule has 0 spiro atoms. The minimum atomic E-state index is -0.879. The van der Waals surface area contributed by atoms with E-state index >= 15 is 0 Å². The Hall–Kier alpha value is -2.10. The average molecular weight is 254 g/mol. The number of amides is 3. The smallest absolute Gasteiger partial charge is 0.312 e. The number of likely N-dealkylation sites (N-methyl/N-ethyl adjacent to an activating group) is 1. The van der Waals surface area contributed by atoms with E-state index < -0.39 is 11.8 Å². The first kappa shape index (κ1) is 15.9. The molecule has 18 heavy (non-hydrogen) atoms. The van der Waals surface area contributed by atoms with Crippen molar-refractivity contribution in [1.82, 2.24) is 15.5 Å². The monoisotopic (exact) mass is 254 g/mol. The molecule has 0 bridgehead atoms. The third-order valence-electron chi connectivity index (χ3n) is 1.98. The Bertz CT molecular complexity index is 360. The van der Waals surface area contributed by atoms with E-state index in [0.717, 1.165) is 4.90 Å². The van der Waals surface area contributed by atoms with Crippen molar-refractivity contribution in [2.45, 2.75) is 26.8 Å². The summed E-state index contributed by atoms with van der Waals surface area (Å²) in [4.78, 5) is 35.5. The zero-order chi connectivity index (χ0) is 14.1. The van der Waals surface area contributed by atoms with E-state index in [9.17, 15) is 14.4 Å². The first-order valence-electron chi connectivity index (χ1n) is 5.65. The van der Waals surface area contributed by atoms with Crippen LogP contribution < -0.4 is 10.6 Å². The predicted molar refractivity (Wildman–Crippen MR) is 64.2 cm³/mol. The minimum Gasteiger partial charge on any atom is -0.352 e. The number of carbonyl (C=O) groups excluding carboxylic acids is 3. The summed E-state index contributed by atoms with van der Waals surface area (Å²) in [6.07, 6.45) is 0. The molecule has 7 nitrogen and oxygen atoms in total. The summed E-state index contributed by atoms with van der Waals surface area (Å²) >= 11 is 0. The van der Waals surface area contributed by atoms with Gasteiger partial charge in [0.2, 0.25) is 5.91 Å². The van der Waals surface area contributed by atoms with Crippen molar-refractivity contribution < 1.29 is 14.4 Å². The van der Waals surface area contributed by atoms with Gasteiger partial charge in [0, 0.05) is 12.6 Å². The first-order chi connectivity index (χ1) is 8.42. The fourth-order valence-electron chi connectivity index (χ4n) is 1.21. The normalized spacial score (nSPS) is 9.50. The Morgan fingerprint density at radius 2 is 1.94 bits per heavy atom. The lowest BCUT2D eigenvalue weighted by molar-refractivity contribution is -0.147. The molecular weight excluding hydrogens is 236 g/mol. The number of rotatable bonds is 5. The molecule has 3 amide bonds. The van der Waals surface area contributed by atoms with E-state index in [2.05, 4.69) is 10.6 Å². The van der Waals surface area contributed by atoms with Gasteiger partial charge in [0.25, 0.3) is 0 Å². The van der Waals surface area contributed by atoms with Gasteiger partial charge in [-0.15, -0.1) is 0 Å². The van der Waals surface area contributed by atoms with Gasteiger partial charge in [0.05, 0.1) is 12.6 Å². The number of hydrogen-bond donors (Lipinski definition) is 2. The van der Waals surface area contributed by atoms with Crippen molar-refractivity contribution in [3.05, 3.63) is 0 Å². The lowest BCUT2D eigenvalue weighted by Crippen LogP contribution is -2.48. The standard InChI is InChI=1S/C11H18N4O3/c1-4-15(7-9(16)14-8(2)3)11(18)10(17)13-6-5-12/h8H,4,6-7H2,1-3H3,(H,13,17)(H,14,16). The van der Waals surface area contributed by atoms with Crippen LogP contribution in [0.2, 0.25) is 0 Å². The van der Waals surface area contributed by atoms with Crippen LogP contribution in [0.5, 0.6) is 0 Å².